The summed E-state index contributed by atoms with van der Waals surface area (Å²) in [6.45, 7) is 3.35. The fourth-order valence-corrected chi connectivity index (χ4v) is 2.73. The van der Waals surface area contributed by atoms with Crippen molar-refractivity contribution >= 4 is 23.1 Å². The first kappa shape index (κ1) is 13.6. The van der Waals surface area contributed by atoms with Gasteiger partial charge < -0.3 is 9.32 Å². The van der Waals surface area contributed by atoms with Crippen molar-refractivity contribution in [3.05, 3.63) is 52.5 Å². The van der Waals surface area contributed by atoms with Gasteiger partial charge in [-0.05, 0) is 30.7 Å². The first-order valence-electron chi connectivity index (χ1n) is 7.36. The lowest BCUT2D eigenvalue weighted by molar-refractivity contribution is 0.518. The predicted octanol–water partition coefficient (Wildman–Crippen LogP) is 2.41. The predicted molar refractivity (Wildman–Crippen MR) is 89.0 cm³/mol. The number of anilines is 1. The summed E-state index contributed by atoms with van der Waals surface area (Å²) in [5.74, 6) is 0.966. The third-order valence-corrected chi connectivity index (χ3v) is 3.85. The largest absolute Gasteiger partial charge is 0.403 e. The van der Waals surface area contributed by atoms with E-state index in [9.17, 15) is 4.79 Å². The van der Waals surface area contributed by atoms with Crippen molar-refractivity contribution < 1.29 is 4.42 Å². The summed E-state index contributed by atoms with van der Waals surface area (Å²) in [4.78, 5) is 27.4. The molecule has 1 aliphatic rings. The van der Waals surface area contributed by atoms with E-state index in [1.165, 1.54) is 0 Å². The van der Waals surface area contributed by atoms with E-state index in [0.29, 0.717) is 22.3 Å². The molecule has 0 spiro atoms. The molecule has 1 aromatic carbocycles. The minimum absolute atomic E-state index is 0.275. The van der Waals surface area contributed by atoms with Crippen LogP contribution in [0.2, 0.25) is 0 Å². The van der Waals surface area contributed by atoms with Gasteiger partial charge in [-0.25, -0.2) is 14.8 Å². The van der Waals surface area contributed by atoms with Gasteiger partial charge in [-0.15, -0.1) is 0 Å². The fraction of sp³-hybridized carbons (Fsp3) is 0.176. The zero-order valence-electron chi connectivity index (χ0n) is 12.6. The van der Waals surface area contributed by atoms with Crippen LogP contribution in [0.25, 0.3) is 22.4 Å². The maximum absolute atomic E-state index is 12.4. The molecular weight excluding hydrogens is 292 g/mol. The molecular formula is C17H14N4O2. The second kappa shape index (κ2) is 5.31. The normalized spacial score (nSPS) is 13.9. The number of aryl methyl sites for hydroxylation is 1. The lowest BCUT2D eigenvalue weighted by Gasteiger charge is -2.15. The average Bonchev–Trinajstić information content (AvgIpc) is 3.09. The van der Waals surface area contributed by atoms with E-state index in [0.717, 1.165) is 18.7 Å². The van der Waals surface area contributed by atoms with Crippen LogP contribution in [-0.2, 0) is 0 Å². The molecule has 6 nitrogen and oxygen atoms in total. The van der Waals surface area contributed by atoms with Gasteiger partial charge in [0.05, 0.1) is 29.3 Å². The molecule has 0 aliphatic carbocycles. The highest BCUT2D eigenvalue weighted by Crippen LogP contribution is 2.28. The molecule has 0 bridgehead atoms. The number of nitrogens with zero attached hydrogens (tertiary/aromatic N) is 4. The maximum atomic E-state index is 12.4. The van der Waals surface area contributed by atoms with Crippen LogP contribution in [0, 0.1) is 6.92 Å². The molecule has 23 heavy (non-hydrogen) atoms. The Kier molecular flexibility index (Phi) is 3.15. The van der Waals surface area contributed by atoms with Crippen LogP contribution >= 0.6 is 0 Å². The molecule has 0 atom stereocenters. The Morgan fingerprint density at radius 2 is 2.13 bits per heavy atom. The van der Waals surface area contributed by atoms with E-state index < -0.39 is 0 Å². The van der Waals surface area contributed by atoms with Crippen molar-refractivity contribution in [2.45, 2.75) is 6.92 Å². The zero-order valence-corrected chi connectivity index (χ0v) is 12.6. The van der Waals surface area contributed by atoms with Crippen molar-refractivity contribution in [3.63, 3.8) is 0 Å². The van der Waals surface area contributed by atoms with Gasteiger partial charge in [0.25, 0.3) is 0 Å². The summed E-state index contributed by atoms with van der Waals surface area (Å²) in [5, 5.41) is 0.518. The molecule has 3 heterocycles. The second-order valence-corrected chi connectivity index (χ2v) is 5.37. The molecule has 0 unspecified atom stereocenters. The lowest BCUT2D eigenvalue weighted by Crippen LogP contribution is -2.20. The van der Waals surface area contributed by atoms with Crippen molar-refractivity contribution in [1.82, 2.24) is 9.97 Å². The summed E-state index contributed by atoms with van der Waals surface area (Å²) in [6, 6.07) is 9.22. The molecule has 114 valence electrons. The number of benzene rings is 1. The van der Waals surface area contributed by atoms with Crippen LogP contribution in [0.3, 0.4) is 0 Å². The standard InChI is InChI=1S/C17H14N4O2/c1-11-4-2-6-13-14(11)17(22)23-16(20-13)12-5-3-7-19-15(12)21-9-8-18-10-21/h2-7,10H,8-9H2,1H3. The SMILES string of the molecule is Cc1cccc2nc(-c3cccnc3N3C=NCC3)oc(=O)c12. The van der Waals surface area contributed by atoms with Gasteiger partial charge in [-0.1, -0.05) is 12.1 Å². The highest BCUT2D eigenvalue weighted by Gasteiger charge is 2.19. The minimum atomic E-state index is -0.381. The van der Waals surface area contributed by atoms with Crippen molar-refractivity contribution in [2.24, 2.45) is 4.99 Å². The summed E-state index contributed by atoms with van der Waals surface area (Å²) < 4.78 is 5.48. The molecule has 1 aliphatic heterocycles. The molecule has 3 aromatic rings. The number of hydrogen-bond acceptors (Lipinski definition) is 6. The van der Waals surface area contributed by atoms with Gasteiger partial charge in [0, 0.05) is 12.7 Å². The Morgan fingerprint density at radius 3 is 2.96 bits per heavy atom. The molecule has 0 fully saturated rings. The molecule has 0 saturated heterocycles. The van der Waals surface area contributed by atoms with E-state index >= 15 is 0 Å². The number of hydrogen-bond donors (Lipinski definition) is 0. The highest BCUT2D eigenvalue weighted by atomic mass is 16.4. The quantitative estimate of drug-likeness (QED) is 0.727. The summed E-state index contributed by atoms with van der Waals surface area (Å²) in [7, 11) is 0. The van der Waals surface area contributed by atoms with E-state index in [2.05, 4.69) is 15.0 Å². The first-order chi connectivity index (χ1) is 11.2. The Morgan fingerprint density at radius 1 is 1.22 bits per heavy atom. The van der Waals surface area contributed by atoms with Gasteiger partial charge in [0.15, 0.2) is 0 Å². The fourth-order valence-electron chi connectivity index (χ4n) is 2.73. The number of aromatic nitrogens is 2. The summed E-state index contributed by atoms with van der Waals surface area (Å²) in [6.07, 6.45) is 3.45. The first-order valence-corrected chi connectivity index (χ1v) is 7.36. The van der Waals surface area contributed by atoms with Crippen molar-refractivity contribution in [2.75, 3.05) is 18.0 Å². The Hall–Kier alpha value is -3.02. The highest BCUT2D eigenvalue weighted by molar-refractivity contribution is 5.87. The molecule has 2 aromatic heterocycles. The molecule has 0 radical (unpaired) electrons. The van der Waals surface area contributed by atoms with E-state index in [-0.39, 0.29) is 11.5 Å². The summed E-state index contributed by atoms with van der Waals surface area (Å²) in [5.41, 5.74) is 1.78. The Bertz CT molecular complexity index is 978. The molecule has 0 saturated carbocycles. The van der Waals surface area contributed by atoms with Crippen LogP contribution in [0.15, 0.2) is 50.7 Å². The summed E-state index contributed by atoms with van der Waals surface area (Å²) >= 11 is 0. The van der Waals surface area contributed by atoms with E-state index in [1.54, 1.807) is 18.6 Å². The third-order valence-electron chi connectivity index (χ3n) is 3.85. The van der Waals surface area contributed by atoms with Crippen LogP contribution in [-0.4, -0.2) is 29.4 Å². The maximum Gasteiger partial charge on any atom is 0.347 e. The number of aliphatic imine (C=N–C) groups is 1. The Balaban J connectivity index is 1.94. The van der Waals surface area contributed by atoms with Crippen LogP contribution < -0.4 is 10.5 Å². The molecule has 0 amide bonds. The average molecular weight is 306 g/mol. The van der Waals surface area contributed by atoms with Gasteiger partial charge >= 0.3 is 5.63 Å². The van der Waals surface area contributed by atoms with Crippen LogP contribution in [0.4, 0.5) is 5.82 Å². The second-order valence-electron chi connectivity index (χ2n) is 5.37. The topological polar surface area (TPSA) is 71.6 Å². The number of pyridine rings is 1. The number of rotatable bonds is 2. The molecule has 6 heteroatoms. The van der Waals surface area contributed by atoms with Crippen LogP contribution in [0.1, 0.15) is 5.56 Å². The van der Waals surface area contributed by atoms with Gasteiger partial charge in [0.2, 0.25) is 5.89 Å². The van der Waals surface area contributed by atoms with Gasteiger partial charge in [-0.2, -0.15) is 0 Å². The minimum Gasteiger partial charge on any atom is -0.403 e. The number of fused-ring (bicyclic) bond motifs is 1. The van der Waals surface area contributed by atoms with E-state index in [1.807, 2.05) is 36.1 Å². The zero-order chi connectivity index (χ0) is 15.8. The van der Waals surface area contributed by atoms with Crippen molar-refractivity contribution in [3.8, 4) is 11.5 Å². The Labute approximate surface area is 132 Å². The third kappa shape index (κ3) is 2.28. The van der Waals surface area contributed by atoms with E-state index in [4.69, 9.17) is 4.42 Å². The molecule has 4 rings (SSSR count). The van der Waals surface area contributed by atoms with Crippen LogP contribution in [0.5, 0.6) is 0 Å². The van der Waals surface area contributed by atoms with Crippen molar-refractivity contribution in [1.29, 1.82) is 0 Å². The van der Waals surface area contributed by atoms with Gasteiger partial charge in [-0.3, -0.25) is 4.99 Å². The monoisotopic (exact) mass is 306 g/mol. The van der Waals surface area contributed by atoms with Gasteiger partial charge in [0.1, 0.15) is 5.82 Å². The molecule has 0 N–H and O–H groups in total. The lowest BCUT2D eigenvalue weighted by atomic mass is 10.1. The smallest absolute Gasteiger partial charge is 0.347 e.